The molecule has 0 bridgehead atoms. The zero-order valence-electron chi connectivity index (χ0n) is 9.74. The number of hydrogen-bond donors (Lipinski definition) is 1. The molecule has 0 saturated carbocycles. The van der Waals surface area contributed by atoms with Gasteiger partial charge in [0.2, 0.25) is 0 Å². The van der Waals surface area contributed by atoms with Crippen LogP contribution in [0, 0.1) is 17.6 Å². The Morgan fingerprint density at radius 3 is 2.41 bits per heavy atom. The van der Waals surface area contributed by atoms with Gasteiger partial charge in [-0.25, -0.2) is 8.78 Å². The van der Waals surface area contributed by atoms with Crippen molar-refractivity contribution in [2.24, 2.45) is 5.92 Å². The average Bonchev–Trinajstić information content (AvgIpc) is 2.15. The molecule has 5 heteroatoms. The number of alkyl halides is 2. The summed E-state index contributed by atoms with van der Waals surface area (Å²) >= 11 is 0. The molecule has 0 saturated heterocycles. The van der Waals surface area contributed by atoms with Gasteiger partial charge in [0.15, 0.2) is 0 Å². The van der Waals surface area contributed by atoms with E-state index < -0.39 is 29.7 Å². The van der Waals surface area contributed by atoms with Crippen LogP contribution >= 0.6 is 0 Å². The van der Waals surface area contributed by atoms with E-state index in [4.69, 9.17) is 0 Å². The fourth-order valence-corrected chi connectivity index (χ4v) is 1.40. The topological polar surface area (TPSA) is 12.0 Å². The maximum absolute atomic E-state index is 13.6. The van der Waals surface area contributed by atoms with Crippen LogP contribution in [0.4, 0.5) is 17.6 Å². The molecule has 1 aromatic rings. The summed E-state index contributed by atoms with van der Waals surface area (Å²) in [6.45, 7) is 3.51. The highest BCUT2D eigenvalue weighted by Crippen LogP contribution is 2.29. The quantitative estimate of drug-likeness (QED) is 0.789. The predicted octanol–water partition coefficient (Wildman–Crippen LogP) is 3.30. The van der Waals surface area contributed by atoms with Crippen molar-refractivity contribution in [3.05, 3.63) is 35.4 Å². The van der Waals surface area contributed by atoms with Crippen LogP contribution < -0.4 is 5.32 Å². The van der Waals surface area contributed by atoms with Gasteiger partial charge in [-0.15, -0.1) is 0 Å². The number of nitrogens with one attached hydrogen (secondary N) is 1. The van der Waals surface area contributed by atoms with Crippen LogP contribution in [0.5, 0.6) is 0 Å². The van der Waals surface area contributed by atoms with Crippen LogP contribution in [-0.4, -0.2) is 13.1 Å². The fourth-order valence-electron chi connectivity index (χ4n) is 1.40. The summed E-state index contributed by atoms with van der Waals surface area (Å²) in [6, 6.07) is 2.07. The third kappa shape index (κ3) is 4.00. The zero-order valence-corrected chi connectivity index (χ0v) is 9.74. The third-order valence-corrected chi connectivity index (χ3v) is 2.22. The smallest absolute Gasteiger partial charge is 0.288 e. The SMILES string of the molecule is CC(C)CNCC(F)(F)c1ccc(F)cc1F. The van der Waals surface area contributed by atoms with E-state index in [9.17, 15) is 17.6 Å². The molecule has 0 aliphatic carbocycles. The van der Waals surface area contributed by atoms with E-state index in [1.54, 1.807) is 0 Å². The second-order valence-corrected chi connectivity index (χ2v) is 4.35. The summed E-state index contributed by atoms with van der Waals surface area (Å²) in [6.07, 6.45) is 0. The lowest BCUT2D eigenvalue weighted by molar-refractivity contribution is -0.00702. The van der Waals surface area contributed by atoms with Gasteiger partial charge in [0, 0.05) is 6.07 Å². The van der Waals surface area contributed by atoms with Crippen LogP contribution in [0.3, 0.4) is 0 Å². The van der Waals surface area contributed by atoms with Gasteiger partial charge < -0.3 is 5.32 Å². The van der Waals surface area contributed by atoms with Crippen LogP contribution in [0.1, 0.15) is 19.4 Å². The van der Waals surface area contributed by atoms with Crippen molar-refractivity contribution in [1.29, 1.82) is 0 Å². The molecule has 0 aromatic heterocycles. The van der Waals surface area contributed by atoms with Crippen molar-refractivity contribution in [1.82, 2.24) is 5.32 Å². The molecule has 0 aliphatic heterocycles. The van der Waals surface area contributed by atoms with E-state index in [2.05, 4.69) is 5.32 Å². The lowest BCUT2D eigenvalue weighted by atomic mass is 10.1. The maximum atomic E-state index is 13.6. The lowest BCUT2D eigenvalue weighted by Gasteiger charge is -2.18. The van der Waals surface area contributed by atoms with Crippen molar-refractivity contribution in [2.75, 3.05) is 13.1 Å². The highest BCUT2D eigenvalue weighted by atomic mass is 19.3. The summed E-state index contributed by atoms with van der Waals surface area (Å²) in [5.74, 6) is -5.20. The molecule has 1 rings (SSSR count). The molecular weight excluding hydrogens is 234 g/mol. The molecule has 1 aromatic carbocycles. The Hall–Kier alpha value is -1.10. The van der Waals surface area contributed by atoms with Gasteiger partial charge in [-0.1, -0.05) is 13.8 Å². The van der Waals surface area contributed by atoms with Crippen molar-refractivity contribution < 1.29 is 17.6 Å². The van der Waals surface area contributed by atoms with Gasteiger partial charge in [-0.05, 0) is 24.6 Å². The number of benzene rings is 1. The summed E-state index contributed by atoms with van der Waals surface area (Å²) < 4.78 is 52.9. The Labute approximate surface area is 97.8 Å². The van der Waals surface area contributed by atoms with Gasteiger partial charge in [0.1, 0.15) is 11.6 Å². The van der Waals surface area contributed by atoms with Crippen molar-refractivity contribution in [2.45, 2.75) is 19.8 Å². The van der Waals surface area contributed by atoms with E-state index >= 15 is 0 Å². The first-order chi connectivity index (χ1) is 7.83. The third-order valence-electron chi connectivity index (χ3n) is 2.22. The summed E-state index contributed by atoms with van der Waals surface area (Å²) in [4.78, 5) is 0. The molecule has 1 nitrogen and oxygen atoms in total. The second-order valence-electron chi connectivity index (χ2n) is 4.35. The number of rotatable bonds is 5. The first-order valence-corrected chi connectivity index (χ1v) is 5.37. The van der Waals surface area contributed by atoms with E-state index in [0.717, 1.165) is 12.1 Å². The van der Waals surface area contributed by atoms with Crippen LogP contribution in [0.15, 0.2) is 18.2 Å². The Bertz CT molecular complexity index is 377. The van der Waals surface area contributed by atoms with Crippen LogP contribution in [-0.2, 0) is 5.92 Å². The molecule has 0 spiro atoms. The van der Waals surface area contributed by atoms with Crippen molar-refractivity contribution in [3.63, 3.8) is 0 Å². The second kappa shape index (κ2) is 5.49. The van der Waals surface area contributed by atoms with Crippen LogP contribution in [0.25, 0.3) is 0 Å². The molecule has 96 valence electrons. The summed E-state index contributed by atoms with van der Waals surface area (Å²) in [5, 5.41) is 2.56. The first-order valence-electron chi connectivity index (χ1n) is 5.37. The molecule has 0 radical (unpaired) electrons. The minimum Gasteiger partial charge on any atom is -0.311 e. The molecule has 0 aliphatic rings. The molecule has 0 fully saturated rings. The van der Waals surface area contributed by atoms with Crippen LogP contribution in [0.2, 0.25) is 0 Å². The van der Waals surface area contributed by atoms with E-state index in [1.165, 1.54) is 0 Å². The highest BCUT2D eigenvalue weighted by molar-refractivity contribution is 5.23. The number of halogens is 4. The Kier molecular flexibility index (Phi) is 4.51. The maximum Gasteiger partial charge on any atom is 0.288 e. The fraction of sp³-hybridized carbons (Fsp3) is 0.500. The molecule has 1 N–H and O–H groups in total. The van der Waals surface area contributed by atoms with Gasteiger partial charge in [0.05, 0.1) is 12.1 Å². The normalized spacial score (nSPS) is 12.2. The standard InChI is InChI=1S/C12H15F4N/c1-8(2)6-17-7-12(15,16)10-4-3-9(13)5-11(10)14/h3-5,8,17H,6-7H2,1-2H3. The molecular formula is C12H15F4N. The van der Waals surface area contributed by atoms with E-state index in [0.29, 0.717) is 12.6 Å². The van der Waals surface area contributed by atoms with E-state index in [1.807, 2.05) is 13.8 Å². The Balaban J connectivity index is 2.74. The minimum atomic E-state index is -3.34. The zero-order chi connectivity index (χ0) is 13.1. The van der Waals surface area contributed by atoms with Gasteiger partial charge >= 0.3 is 0 Å². The first kappa shape index (κ1) is 14.0. The summed E-state index contributed by atoms with van der Waals surface area (Å²) in [7, 11) is 0. The molecule has 0 heterocycles. The Morgan fingerprint density at radius 1 is 1.24 bits per heavy atom. The molecule has 0 amide bonds. The summed E-state index contributed by atoms with van der Waals surface area (Å²) in [5.41, 5.74) is -0.782. The number of hydrogen-bond acceptors (Lipinski definition) is 1. The predicted molar refractivity (Wildman–Crippen MR) is 58.0 cm³/mol. The van der Waals surface area contributed by atoms with Gasteiger partial charge in [0.25, 0.3) is 5.92 Å². The molecule has 0 atom stereocenters. The minimum absolute atomic E-state index is 0.226. The van der Waals surface area contributed by atoms with E-state index in [-0.39, 0.29) is 5.92 Å². The average molecular weight is 249 g/mol. The molecule has 0 unspecified atom stereocenters. The largest absolute Gasteiger partial charge is 0.311 e. The highest BCUT2D eigenvalue weighted by Gasteiger charge is 2.34. The molecule has 17 heavy (non-hydrogen) atoms. The monoisotopic (exact) mass is 249 g/mol. The van der Waals surface area contributed by atoms with Crippen molar-refractivity contribution in [3.8, 4) is 0 Å². The lowest BCUT2D eigenvalue weighted by Crippen LogP contribution is -2.33. The van der Waals surface area contributed by atoms with Crippen molar-refractivity contribution >= 4 is 0 Å². The van der Waals surface area contributed by atoms with Gasteiger partial charge in [-0.3, -0.25) is 0 Å². The van der Waals surface area contributed by atoms with Gasteiger partial charge in [-0.2, -0.15) is 8.78 Å². The Morgan fingerprint density at radius 2 is 1.88 bits per heavy atom.